The van der Waals surface area contributed by atoms with E-state index < -0.39 is 0 Å². The van der Waals surface area contributed by atoms with Gasteiger partial charge in [0.1, 0.15) is 0 Å². The Bertz CT molecular complexity index is 1880. The number of fused-ring (bicyclic) bond motifs is 2. The first kappa shape index (κ1) is 41.4. The molecule has 0 aliphatic carbocycles. The van der Waals surface area contributed by atoms with Crippen molar-refractivity contribution in [3.8, 4) is 22.3 Å². The van der Waals surface area contributed by atoms with Crippen molar-refractivity contribution in [2.75, 3.05) is 0 Å². The van der Waals surface area contributed by atoms with Crippen LogP contribution >= 0.6 is 0 Å². The average molecular weight is 728 g/mol. The number of aryl methyl sites for hydroxylation is 2. The van der Waals surface area contributed by atoms with Crippen LogP contribution in [0.3, 0.4) is 0 Å². The van der Waals surface area contributed by atoms with Crippen LogP contribution in [0.5, 0.6) is 0 Å². The first-order valence-corrected chi connectivity index (χ1v) is 20.8. The number of hydrogen-bond donors (Lipinski definition) is 0. The Kier molecular flexibility index (Phi) is 14.8. The van der Waals surface area contributed by atoms with E-state index >= 15 is 0 Å². The minimum absolute atomic E-state index is 0. The molecule has 48 heavy (non-hydrogen) atoms. The maximum atomic E-state index is 3.06. The molecule has 0 atom stereocenters. The predicted molar refractivity (Wildman–Crippen MR) is 214 cm³/mol. The molecule has 0 nitrogen and oxygen atoms in total. The Morgan fingerprint density at radius 3 is 1.60 bits per heavy atom. The summed E-state index contributed by atoms with van der Waals surface area (Å²) in [7, 11) is 0. The van der Waals surface area contributed by atoms with E-state index in [2.05, 4.69) is 179 Å². The van der Waals surface area contributed by atoms with E-state index in [1.54, 1.807) is 0 Å². The van der Waals surface area contributed by atoms with E-state index in [0.717, 1.165) is 6.42 Å². The van der Waals surface area contributed by atoms with Gasteiger partial charge in [0, 0.05) is 0 Å². The van der Waals surface area contributed by atoms with Crippen molar-refractivity contribution in [3.05, 3.63) is 146 Å². The molecule has 0 aromatic heterocycles. The fourth-order valence-electron chi connectivity index (χ4n) is 6.21. The Labute approximate surface area is 310 Å². The molecular weight excluding hydrogens is 672 g/mol. The van der Waals surface area contributed by atoms with Gasteiger partial charge in [-0.3, -0.25) is 0 Å². The number of hydrogen-bond acceptors (Lipinski definition) is 0. The van der Waals surface area contributed by atoms with Crippen LogP contribution in [-0.2, 0) is 40.6 Å². The molecule has 6 rings (SSSR count). The molecule has 2 radical (unpaired) electrons. The van der Waals surface area contributed by atoms with Gasteiger partial charge in [-0.25, -0.2) is 0 Å². The Balaban J connectivity index is 0.000000305. The third-order valence-corrected chi connectivity index (χ3v) is 9.07. The van der Waals surface area contributed by atoms with Gasteiger partial charge < -0.3 is 14.9 Å². The van der Waals surface area contributed by atoms with Crippen LogP contribution in [0, 0.1) is 21.8 Å². The quantitative estimate of drug-likeness (QED) is 0.125. The van der Waals surface area contributed by atoms with Crippen LogP contribution in [-0.4, -0.2) is 6.88 Å². The fourth-order valence-corrected chi connectivity index (χ4v) is 6.21. The molecule has 0 fully saturated rings. The molecule has 0 heterocycles. The van der Waals surface area contributed by atoms with Gasteiger partial charge >= 0.3 is 30.2 Å². The first-order chi connectivity index (χ1) is 21.8. The van der Waals surface area contributed by atoms with E-state index in [4.69, 9.17) is 0 Å². The topological polar surface area (TPSA) is 0 Å². The molecule has 252 valence electrons. The van der Waals surface area contributed by atoms with Crippen LogP contribution in [0.15, 0.2) is 103 Å². The van der Waals surface area contributed by atoms with Gasteiger partial charge in [0.2, 0.25) is 0 Å². The summed E-state index contributed by atoms with van der Waals surface area (Å²) >= 11 is 1.36. The Morgan fingerprint density at radius 1 is 0.646 bits per heavy atom. The zero-order valence-electron chi connectivity index (χ0n) is 31.6. The second-order valence-electron chi connectivity index (χ2n) is 14.9. The van der Waals surface area contributed by atoms with Gasteiger partial charge in [-0.05, 0) is 39.0 Å². The molecule has 0 unspecified atom stereocenters. The van der Waals surface area contributed by atoms with Crippen molar-refractivity contribution in [3.63, 3.8) is 0 Å². The fraction of sp³-hybridized carbons (Fsp3) is 0.304. The van der Waals surface area contributed by atoms with Crippen molar-refractivity contribution < 1.29 is 23.3 Å². The standard InChI is InChI=1S/2C22H25.2CH3.Si.Zr/c1-15(2)18-13-17-7-6-8-20(21(17)14-18)16-9-11-19(12-10-16)22(3,4)5;1-6-16-9-12-19(21-14-15(2)13-20(16)21)17-7-10-18(11-8-17)22(3,4)5;;;;/h6-15H,1-5H3;7-14H,6H2,1-5H3;2*1H3;;/q4*-1;;. The zero-order valence-corrected chi connectivity index (χ0v) is 35.1. The third kappa shape index (κ3) is 9.46. The summed E-state index contributed by atoms with van der Waals surface area (Å²) < 4.78 is 0. The maximum absolute atomic E-state index is 3.06. The summed E-state index contributed by atoms with van der Waals surface area (Å²) in [5, 5.41) is 5.52. The minimum atomic E-state index is 0. The Morgan fingerprint density at radius 2 is 1.15 bits per heavy atom. The average Bonchev–Trinajstić information content (AvgIpc) is 3.65. The van der Waals surface area contributed by atoms with Gasteiger partial charge in [-0.15, -0.1) is 68.6 Å². The van der Waals surface area contributed by atoms with Gasteiger partial charge in [-0.2, -0.15) is 12.1 Å². The van der Waals surface area contributed by atoms with Crippen LogP contribution in [0.2, 0.25) is 0 Å². The molecule has 0 saturated heterocycles. The second-order valence-corrected chi connectivity index (χ2v) is 14.9. The summed E-state index contributed by atoms with van der Waals surface area (Å²) in [6.07, 6.45) is 1.09. The second kappa shape index (κ2) is 17.2. The molecule has 0 bridgehead atoms. The van der Waals surface area contributed by atoms with E-state index in [0.29, 0.717) is 5.92 Å². The van der Waals surface area contributed by atoms with Gasteiger partial charge in [0.25, 0.3) is 0 Å². The van der Waals surface area contributed by atoms with Crippen LogP contribution < -0.4 is 0 Å². The molecule has 6 aromatic carbocycles. The summed E-state index contributed by atoms with van der Waals surface area (Å²) in [5.74, 6) is 0.573. The Hall–Kier alpha value is -2.80. The van der Waals surface area contributed by atoms with Gasteiger partial charge in [0.15, 0.2) is 0 Å². The molecule has 0 saturated carbocycles. The molecule has 2 heteroatoms. The van der Waals surface area contributed by atoms with Crippen molar-refractivity contribution in [2.24, 2.45) is 0 Å². The summed E-state index contributed by atoms with van der Waals surface area (Å²) in [4.78, 5) is 0. The van der Waals surface area contributed by atoms with E-state index in [1.165, 1.54) is 95.0 Å². The molecule has 0 aliphatic rings. The molecule has 0 spiro atoms. The SMILES string of the molecule is CC(C)c1cc2c(-c3ccc(C(C)(C)C)cc3)cccc2[cH-]1.CCc1ccc(-c2ccc(C(C)(C)C)cc2)c2cc(C)[cH-]c12.[CH3-].[CH3-].[Si]=[Zr]. The molecule has 6 aromatic rings. The third-order valence-electron chi connectivity index (χ3n) is 9.07. The van der Waals surface area contributed by atoms with E-state index in [1.807, 2.05) is 0 Å². The van der Waals surface area contributed by atoms with Crippen LogP contribution in [0.25, 0.3) is 43.8 Å². The van der Waals surface area contributed by atoms with Crippen LogP contribution in [0.4, 0.5) is 0 Å². The van der Waals surface area contributed by atoms with Gasteiger partial charge in [0.05, 0.1) is 0 Å². The summed E-state index contributed by atoms with van der Waals surface area (Å²) in [6, 6.07) is 38.6. The normalized spacial score (nSPS) is 11.2. The van der Waals surface area contributed by atoms with Crippen molar-refractivity contribution >= 4 is 28.4 Å². The van der Waals surface area contributed by atoms with Crippen LogP contribution in [0.1, 0.15) is 96.0 Å². The summed E-state index contributed by atoms with van der Waals surface area (Å²) in [6.45, 7) is 25.6. The van der Waals surface area contributed by atoms with E-state index in [-0.39, 0.29) is 25.7 Å². The monoisotopic (exact) mass is 726 g/mol. The first-order valence-electron chi connectivity index (χ1n) is 16.6. The number of benzene rings is 4. The van der Waals surface area contributed by atoms with E-state index in [9.17, 15) is 0 Å². The molecule has 0 N–H and O–H groups in total. The predicted octanol–water partition coefficient (Wildman–Crippen LogP) is 13.6. The zero-order chi connectivity index (χ0) is 33.8. The van der Waals surface area contributed by atoms with Crippen molar-refractivity contribution in [2.45, 2.75) is 92.4 Å². The summed E-state index contributed by atoms with van der Waals surface area (Å²) in [5.41, 5.74) is 12.7. The number of rotatable bonds is 4. The van der Waals surface area contributed by atoms with Crippen molar-refractivity contribution in [1.82, 2.24) is 0 Å². The molecule has 0 amide bonds. The van der Waals surface area contributed by atoms with Gasteiger partial charge in [-0.1, -0.05) is 147 Å². The molecular formula is C46H56SiZr-4. The van der Waals surface area contributed by atoms with Crippen molar-refractivity contribution in [1.29, 1.82) is 0 Å². The molecule has 0 aliphatic heterocycles.